The van der Waals surface area contributed by atoms with Crippen molar-refractivity contribution >= 4 is 5.97 Å². The number of ether oxygens (including phenoxy) is 2. The maximum absolute atomic E-state index is 15.2. The maximum Gasteiger partial charge on any atom is 0.326 e. The van der Waals surface area contributed by atoms with Crippen molar-refractivity contribution in [2.75, 3.05) is 7.11 Å². The molecule has 1 aromatic rings. The first-order chi connectivity index (χ1) is 10.6. The molecule has 2 saturated carbocycles. The fraction of sp³-hybridized carbons (Fsp3) is 0.588. The van der Waals surface area contributed by atoms with Crippen molar-refractivity contribution < 1.29 is 18.7 Å². The van der Waals surface area contributed by atoms with Crippen molar-refractivity contribution in [3.8, 4) is 5.75 Å². The van der Waals surface area contributed by atoms with Gasteiger partial charge in [0, 0.05) is 0 Å². The van der Waals surface area contributed by atoms with Crippen LogP contribution >= 0.6 is 0 Å². The van der Waals surface area contributed by atoms with E-state index >= 15 is 4.39 Å². The van der Waals surface area contributed by atoms with Crippen LogP contribution in [0.15, 0.2) is 24.3 Å². The Kier molecular flexibility index (Phi) is 4.08. The summed E-state index contributed by atoms with van der Waals surface area (Å²) in [7, 11) is 1.59. The third-order valence-electron chi connectivity index (χ3n) is 4.68. The van der Waals surface area contributed by atoms with E-state index < -0.39 is 17.7 Å². The van der Waals surface area contributed by atoms with Crippen LogP contribution in [-0.4, -0.2) is 24.8 Å². The van der Waals surface area contributed by atoms with Crippen molar-refractivity contribution in [1.82, 2.24) is 0 Å². The quantitative estimate of drug-likeness (QED) is 0.787. The van der Waals surface area contributed by atoms with Gasteiger partial charge >= 0.3 is 5.97 Å². The van der Waals surface area contributed by atoms with Crippen LogP contribution in [0.1, 0.15) is 31.2 Å². The predicted molar refractivity (Wildman–Crippen MR) is 80.1 cm³/mol. The second-order valence-corrected chi connectivity index (χ2v) is 6.31. The summed E-state index contributed by atoms with van der Waals surface area (Å²) >= 11 is 0. The number of halogens is 1. The fourth-order valence-electron chi connectivity index (χ4n) is 3.04. The summed E-state index contributed by atoms with van der Waals surface area (Å²) in [5.41, 5.74) is 5.17. The van der Waals surface area contributed by atoms with Crippen LogP contribution in [0.5, 0.6) is 5.75 Å². The Morgan fingerprint density at radius 1 is 1.27 bits per heavy atom. The topological polar surface area (TPSA) is 61.5 Å². The molecule has 1 atom stereocenters. The molecule has 2 aliphatic carbocycles. The van der Waals surface area contributed by atoms with Crippen molar-refractivity contribution in [1.29, 1.82) is 0 Å². The predicted octanol–water partition coefficient (Wildman–Crippen LogP) is 2.59. The van der Waals surface area contributed by atoms with Crippen LogP contribution < -0.4 is 10.5 Å². The fourth-order valence-corrected chi connectivity index (χ4v) is 3.04. The number of rotatable bonds is 7. The monoisotopic (exact) mass is 307 g/mol. The molecule has 3 rings (SSSR count). The molecule has 0 amide bonds. The first-order valence-electron chi connectivity index (χ1n) is 7.79. The van der Waals surface area contributed by atoms with Crippen molar-refractivity contribution in [3.63, 3.8) is 0 Å². The number of carbonyl (C=O) groups is 1. The second kappa shape index (κ2) is 5.88. The molecule has 0 heterocycles. The molecule has 0 radical (unpaired) electrons. The third-order valence-corrected chi connectivity index (χ3v) is 4.68. The van der Waals surface area contributed by atoms with E-state index in [1.54, 1.807) is 19.2 Å². The van der Waals surface area contributed by atoms with Gasteiger partial charge in [-0.2, -0.15) is 0 Å². The standard InChI is InChI=1S/C17H22FNO3/c1-21-14-8-2-11(3-9-14)10-22-16(20)15(19)17(18,12-4-5-12)13-6-7-13/h2-3,8-9,12-13,15H,4-7,10,19H2,1H3/t15-/m1/s1. The van der Waals surface area contributed by atoms with Gasteiger partial charge in [-0.3, -0.25) is 4.79 Å². The number of hydrogen-bond acceptors (Lipinski definition) is 4. The molecule has 2 N–H and O–H groups in total. The minimum absolute atomic E-state index is 0.0662. The van der Waals surface area contributed by atoms with Crippen LogP contribution in [-0.2, 0) is 16.1 Å². The van der Waals surface area contributed by atoms with Gasteiger partial charge in [0.2, 0.25) is 0 Å². The minimum Gasteiger partial charge on any atom is -0.497 e. The Bertz CT molecular complexity index is 525. The van der Waals surface area contributed by atoms with E-state index in [-0.39, 0.29) is 18.4 Å². The normalized spacial score (nSPS) is 19.6. The number of nitrogens with two attached hydrogens (primary N) is 1. The average molecular weight is 307 g/mol. The lowest BCUT2D eigenvalue weighted by Crippen LogP contribution is -2.53. The lowest BCUT2D eigenvalue weighted by Gasteiger charge is -2.30. The summed E-state index contributed by atoms with van der Waals surface area (Å²) < 4.78 is 25.5. The number of esters is 1. The number of carbonyl (C=O) groups excluding carboxylic acids is 1. The Morgan fingerprint density at radius 3 is 2.27 bits per heavy atom. The zero-order valence-corrected chi connectivity index (χ0v) is 12.8. The molecule has 0 saturated heterocycles. The molecule has 1 aromatic carbocycles. The number of methoxy groups -OCH3 is 1. The zero-order chi connectivity index (χ0) is 15.7. The first-order valence-corrected chi connectivity index (χ1v) is 7.79. The van der Waals surface area contributed by atoms with E-state index in [0.29, 0.717) is 0 Å². The smallest absolute Gasteiger partial charge is 0.326 e. The Morgan fingerprint density at radius 2 is 1.82 bits per heavy atom. The largest absolute Gasteiger partial charge is 0.497 e. The lowest BCUT2D eigenvalue weighted by molar-refractivity contribution is -0.152. The molecule has 120 valence electrons. The van der Waals surface area contributed by atoms with E-state index in [9.17, 15) is 4.79 Å². The first kappa shape index (κ1) is 15.3. The highest BCUT2D eigenvalue weighted by atomic mass is 19.1. The number of benzene rings is 1. The maximum atomic E-state index is 15.2. The van der Waals surface area contributed by atoms with Crippen molar-refractivity contribution in [2.45, 2.75) is 44.0 Å². The van der Waals surface area contributed by atoms with Gasteiger partial charge in [-0.25, -0.2) is 4.39 Å². The van der Waals surface area contributed by atoms with Crippen LogP contribution in [0.2, 0.25) is 0 Å². The molecule has 0 spiro atoms. The van der Waals surface area contributed by atoms with Crippen LogP contribution in [0.3, 0.4) is 0 Å². The SMILES string of the molecule is COc1ccc(COC(=O)[C@@H](N)C(F)(C2CC2)C2CC2)cc1. The molecule has 0 bridgehead atoms. The highest BCUT2D eigenvalue weighted by Crippen LogP contribution is 2.55. The third kappa shape index (κ3) is 2.95. The average Bonchev–Trinajstić information content (AvgIpc) is 3.42. The summed E-state index contributed by atoms with van der Waals surface area (Å²) in [6, 6.07) is 6.02. The van der Waals surface area contributed by atoms with Crippen molar-refractivity contribution in [2.24, 2.45) is 17.6 Å². The molecule has 22 heavy (non-hydrogen) atoms. The summed E-state index contributed by atoms with van der Waals surface area (Å²) in [6.45, 7) is 0.0991. The van der Waals surface area contributed by atoms with Crippen LogP contribution in [0, 0.1) is 11.8 Å². The zero-order valence-electron chi connectivity index (χ0n) is 12.8. The van der Waals surface area contributed by atoms with Crippen LogP contribution in [0.4, 0.5) is 4.39 Å². The molecular weight excluding hydrogens is 285 g/mol. The molecule has 0 unspecified atom stereocenters. The van der Waals surface area contributed by atoms with Gasteiger partial charge in [0.25, 0.3) is 0 Å². The summed E-state index contributed by atoms with van der Waals surface area (Å²) in [6.07, 6.45) is 3.30. The summed E-state index contributed by atoms with van der Waals surface area (Å²) in [5, 5.41) is 0. The molecule has 5 heteroatoms. The minimum atomic E-state index is -1.57. The van der Waals surface area contributed by atoms with E-state index in [0.717, 1.165) is 37.0 Å². The number of hydrogen-bond donors (Lipinski definition) is 1. The Balaban J connectivity index is 1.58. The highest BCUT2D eigenvalue weighted by Gasteiger charge is 2.60. The van der Waals surface area contributed by atoms with Gasteiger partial charge in [-0.1, -0.05) is 12.1 Å². The molecule has 0 aliphatic heterocycles. The number of alkyl halides is 1. The Hall–Kier alpha value is -1.62. The molecular formula is C17H22FNO3. The molecule has 2 aliphatic rings. The van der Waals surface area contributed by atoms with Crippen LogP contribution in [0.25, 0.3) is 0 Å². The molecule has 4 nitrogen and oxygen atoms in total. The van der Waals surface area contributed by atoms with Gasteiger partial charge in [0.15, 0.2) is 0 Å². The van der Waals surface area contributed by atoms with Gasteiger partial charge in [-0.15, -0.1) is 0 Å². The molecule has 0 aromatic heterocycles. The lowest BCUT2D eigenvalue weighted by atomic mass is 9.86. The van der Waals surface area contributed by atoms with E-state index in [1.807, 2.05) is 12.1 Å². The van der Waals surface area contributed by atoms with Crippen molar-refractivity contribution in [3.05, 3.63) is 29.8 Å². The van der Waals surface area contributed by atoms with E-state index in [2.05, 4.69) is 0 Å². The van der Waals surface area contributed by atoms with Gasteiger partial charge in [0.05, 0.1) is 7.11 Å². The summed E-state index contributed by atoms with van der Waals surface area (Å²) in [4.78, 5) is 12.1. The van der Waals surface area contributed by atoms with E-state index in [4.69, 9.17) is 15.2 Å². The Labute approximate surface area is 129 Å². The van der Waals surface area contributed by atoms with E-state index in [1.165, 1.54) is 0 Å². The highest BCUT2D eigenvalue weighted by molar-refractivity contribution is 5.77. The molecule has 2 fully saturated rings. The second-order valence-electron chi connectivity index (χ2n) is 6.31. The van der Waals surface area contributed by atoms with Gasteiger partial charge in [-0.05, 0) is 55.2 Å². The summed E-state index contributed by atoms with van der Waals surface area (Å²) in [5.74, 6) is -0.0405. The van der Waals surface area contributed by atoms with Gasteiger partial charge in [0.1, 0.15) is 24.1 Å². The van der Waals surface area contributed by atoms with Gasteiger partial charge < -0.3 is 15.2 Å².